The minimum absolute atomic E-state index is 0.00942. The monoisotopic (exact) mass is 310 g/mol. The van der Waals surface area contributed by atoms with Gasteiger partial charge in [0.25, 0.3) is 0 Å². The Balaban J connectivity index is 1.56. The molecule has 0 amide bonds. The van der Waals surface area contributed by atoms with Gasteiger partial charge >= 0.3 is 0 Å². The highest BCUT2D eigenvalue weighted by Crippen LogP contribution is 2.27. The van der Waals surface area contributed by atoms with Gasteiger partial charge in [-0.3, -0.25) is 9.69 Å². The van der Waals surface area contributed by atoms with E-state index in [4.69, 9.17) is 0 Å². The molecule has 0 saturated carbocycles. The Morgan fingerprint density at radius 1 is 1.13 bits per heavy atom. The molecule has 2 heterocycles. The SMILES string of the molecule is CC(C)c1ccc(CN2CCC(c3cc[nH]c(=O)c3)CC2)cc1. The summed E-state index contributed by atoms with van der Waals surface area (Å²) < 4.78 is 0. The zero-order chi connectivity index (χ0) is 16.2. The number of aromatic nitrogens is 1. The van der Waals surface area contributed by atoms with Gasteiger partial charge in [0.1, 0.15) is 0 Å². The summed E-state index contributed by atoms with van der Waals surface area (Å²) in [5.74, 6) is 1.12. The van der Waals surface area contributed by atoms with Gasteiger partial charge in [-0.25, -0.2) is 0 Å². The zero-order valence-electron chi connectivity index (χ0n) is 14.1. The van der Waals surface area contributed by atoms with Crippen LogP contribution in [-0.4, -0.2) is 23.0 Å². The van der Waals surface area contributed by atoms with Crippen molar-refractivity contribution in [2.45, 2.75) is 45.1 Å². The highest BCUT2D eigenvalue weighted by Gasteiger charge is 2.20. The molecule has 1 aliphatic rings. The molecule has 23 heavy (non-hydrogen) atoms. The predicted octanol–water partition coefficient (Wildman–Crippen LogP) is 3.88. The molecule has 122 valence electrons. The first-order valence-electron chi connectivity index (χ1n) is 8.61. The van der Waals surface area contributed by atoms with Crippen molar-refractivity contribution >= 4 is 0 Å². The fourth-order valence-corrected chi connectivity index (χ4v) is 3.41. The van der Waals surface area contributed by atoms with E-state index in [-0.39, 0.29) is 5.56 Å². The Bertz CT molecular complexity index is 679. The van der Waals surface area contributed by atoms with Crippen molar-refractivity contribution in [1.82, 2.24) is 9.88 Å². The minimum atomic E-state index is 0.00942. The van der Waals surface area contributed by atoms with E-state index in [1.54, 1.807) is 12.3 Å². The van der Waals surface area contributed by atoms with Crippen LogP contribution in [0.25, 0.3) is 0 Å². The molecule has 1 fully saturated rings. The summed E-state index contributed by atoms with van der Waals surface area (Å²) in [6.45, 7) is 7.69. The van der Waals surface area contributed by atoms with E-state index in [2.05, 4.69) is 48.0 Å². The lowest BCUT2D eigenvalue weighted by Crippen LogP contribution is -2.32. The van der Waals surface area contributed by atoms with E-state index in [0.717, 1.165) is 32.5 Å². The molecule has 2 aromatic rings. The van der Waals surface area contributed by atoms with Crippen molar-refractivity contribution in [3.05, 3.63) is 69.6 Å². The largest absolute Gasteiger partial charge is 0.329 e. The standard InChI is InChI=1S/C20H26N2O/c1-15(2)17-5-3-16(4-6-17)14-22-11-8-18(9-12-22)19-7-10-21-20(23)13-19/h3-7,10,13,15,18H,8-9,11-12,14H2,1-2H3,(H,21,23). The Morgan fingerprint density at radius 3 is 2.43 bits per heavy atom. The van der Waals surface area contributed by atoms with E-state index in [1.807, 2.05) is 6.07 Å². The Labute approximate surface area is 138 Å². The number of nitrogens with zero attached hydrogens (tertiary/aromatic N) is 1. The molecule has 0 spiro atoms. The zero-order valence-corrected chi connectivity index (χ0v) is 14.1. The van der Waals surface area contributed by atoms with Gasteiger partial charge < -0.3 is 4.98 Å². The second-order valence-electron chi connectivity index (χ2n) is 6.93. The second-order valence-corrected chi connectivity index (χ2v) is 6.93. The molecule has 0 atom stereocenters. The maximum Gasteiger partial charge on any atom is 0.248 e. The van der Waals surface area contributed by atoms with Crippen molar-refractivity contribution in [1.29, 1.82) is 0 Å². The first kappa shape index (κ1) is 16.0. The summed E-state index contributed by atoms with van der Waals surface area (Å²) in [6.07, 6.45) is 4.03. The maximum atomic E-state index is 11.4. The topological polar surface area (TPSA) is 36.1 Å². The average molecular weight is 310 g/mol. The molecule has 3 nitrogen and oxygen atoms in total. The summed E-state index contributed by atoms with van der Waals surface area (Å²) in [5, 5.41) is 0. The molecule has 1 saturated heterocycles. The molecule has 1 aromatic carbocycles. The normalized spacial score (nSPS) is 16.8. The number of piperidine rings is 1. The molecular formula is C20H26N2O. The van der Waals surface area contributed by atoms with Gasteiger partial charge in [0.05, 0.1) is 0 Å². The Kier molecular flexibility index (Phi) is 4.97. The van der Waals surface area contributed by atoms with Crippen molar-refractivity contribution in [3.63, 3.8) is 0 Å². The third-order valence-corrected chi connectivity index (χ3v) is 4.91. The predicted molar refractivity (Wildman–Crippen MR) is 94.8 cm³/mol. The number of H-pyrrole nitrogens is 1. The molecule has 1 N–H and O–H groups in total. The second kappa shape index (κ2) is 7.14. The van der Waals surface area contributed by atoms with E-state index < -0.39 is 0 Å². The van der Waals surface area contributed by atoms with E-state index >= 15 is 0 Å². The molecule has 0 unspecified atom stereocenters. The van der Waals surface area contributed by atoms with Crippen LogP contribution in [0.4, 0.5) is 0 Å². The van der Waals surface area contributed by atoms with Crippen molar-refractivity contribution in [2.24, 2.45) is 0 Å². The van der Waals surface area contributed by atoms with E-state index in [0.29, 0.717) is 11.8 Å². The molecule has 3 heteroatoms. The number of aromatic amines is 1. The molecule has 0 aliphatic carbocycles. The Morgan fingerprint density at radius 2 is 1.83 bits per heavy atom. The third-order valence-electron chi connectivity index (χ3n) is 4.91. The number of rotatable bonds is 4. The lowest BCUT2D eigenvalue weighted by atomic mass is 9.90. The number of hydrogen-bond acceptors (Lipinski definition) is 2. The number of nitrogens with one attached hydrogen (secondary N) is 1. The lowest BCUT2D eigenvalue weighted by molar-refractivity contribution is 0.204. The van der Waals surface area contributed by atoms with Crippen LogP contribution in [-0.2, 0) is 6.54 Å². The number of hydrogen-bond donors (Lipinski definition) is 1. The van der Waals surface area contributed by atoms with Crippen molar-refractivity contribution in [2.75, 3.05) is 13.1 Å². The van der Waals surface area contributed by atoms with Crippen LogP contribution in [0.1, 0.15) is 55.2 Å². The van der Waals surface area contributed by atoms with Gasteiger partial charge in [-0.1, -0.05) is 38.1 Å². The number of benzene rings is 1. The smallest absolute Gasteiger partial charge is 0.248 e. The summed E-state index contributed by atoms with van der Waals surface area (Å²) >= 11 is 0. The van der Waals surface area contributed by atoms with Crippen LogP contribution in [0.15, 0.2) is 47.4 Å². The van der Waals surface area contributed by atoms with Crippen molar-refractivity contribution < 1.29 is 0 Å². The van der Waals surface area contributed by atoms with Crippen LogP contribution in [0.3, 0.4) is 0 Å². The fraction of sp³-hybridized carbons (Fsp3) is 0.450. The first-order chi connectivity index (χ1) is 11.1. The number of likely N-dealkylation sites (tertiary alicyclic amines) is 1. The summed E-state index contributed by atoms with van der Waals surface area (Å²) in [5.41, 5.74) is 4.00. The van der Waals surface area contributed by atoms with Crippen molar-refractivity contribution in [3.8, 4) is 0 Å². The average Bonchev–Trinajstić information content (AvgIpc) is 2.56. The molecule has 3 rings (SSSR count). The summed E-state index contributed by atoms with van der Waals surface area (Å²) in [6, 6.07) is 12.8. The first-order valence-corrected chi connectivity index (χ1v) is 8.61. The van der Waals surface area contributed by atoms with Crippen LogP contribution in [0, 0.1) is 0 Å². The molecule has 1 aromatic heterocycles. The van der Waals surface area contributed by atoms with Crippen LogP contribution >= 0.6 is 0 Å². The quantitative estimate of drug-likeness (QED) is 0.930. The molecule has 0 radical (unpaired) electrons. The van der Waals surface area contributed by atoms with E-state index in [1.165, 1.54) is 16.7 Å². The number of pyridine rings is 1. The minimum Gasteiger partial charge on any atom is -0.329 e. The highest BCUT2D eigenvalue weighted by atomic mass is 16.1. The summed E-state index contributed by atoms with van der Waals surface area (Å²) in [7, 11) is 0. The van der Waals surface area contributed by atoms with Gasteiger partial charge in [0, 0.05) is 18.8 Å². The van der Waals surface area contributed by atoms with E-state index in [9.17, 15) is 4.79 Å². The molecule has 0 bridgehead atoms. The maximum absolute atomic E-state index is 11.4. The lowest BCUT2D eigenvalue weighted by Gasteiger charge is -2.32. The van der Waals surface area contributed by atoms with Gasteiger partial charge in [0.2, 0.25) is 5.56 Å². The van der Waals surface area contributed by atoms with Gasteiger partial charge in [0.15, 0.2) is 0 Å². The van der Waals surface area contributed by atoms with Gasteiger partial charge in [-0.15, -0.1) is 0 Å². The summed E-state index contributed by atoms with van der Waals surface area (Å²) in [4.78, 5) is 16.7. The van der Waals surface area contributed by atoms with Crippen LogP contribution < -0.4 is 5.56 Å². The fourth-order valence-electron chi connectivity index (χ4n) is 3.41. The third kappa shape index (κ3) is 4.11. The molecule has 1 aliphatic heterocycles. The van der Waals surface area contributed by atoms with Crippen LogP contribution in [0.5, 0.6) is 0 Å². The van der Waals surface area contributed by atoms with Gasteiger partial charge in [-0.2, -0.15) is 0 Å². The van der Waals surface area contributed by atoms with Gasteiger partial charge in [-0.05, 0) is 60.5 Å². The van der Waals surface area contributed by atoms with Crippen LogP contribution in [0.2, 0.25) is 0 Å². The Hall–Kier alpha value is -1.87. The molecular weight excluding hydrogens is 284 g/mol. The highest BCUT2D eigenvalue weighted by molar-refractivity contribution is 5.25.